The maximum absolute atomic E-state index is 6.30. The average molecular weight is 731 g/mol. The smallest absolute Gasteiger partial charge is 0.261 e. The molecule has 0 atom stereocenters. The molecule has 0 spiro atoms. The monoisotopic (exact) mass is 731 g/mol. The van der Waals surface area contributed by atoms with Crippen LogP contribution in [0.15, 0.2) is 24.3 Å². The molecule has 3 nitrogen and oxygen atoms in total. The van der Waals surface area contributed by atoms with E-state index in [1.807, 2.05) is 0 Å². The molecule has 0 saturated carbocycles. The maximum atomic E-state index is 6.30. The molecule has 0 unspecified atom stereocenters. The van der Waals surface area contributed by atoms with E-state index in [0.29, 0.717) is 0 Å². The van der Waals surface area contributed by atoms with Gasteiger partial charge in [0.15, 0.2) is 0 Å². The van der Waals surface area contributed by atoms with Crippen LogP contribution in [0.3, 0.4) is 0 Å². The Balaban J connectivity index is 3.97. The Hall–Kier alpha value is 0.440. The lowest BCUT2D eigenvalue weighted by molar-refractivity contribution is 0.230. The van der Waals surface area contributed by atoms with Gasteiger partial charge >= 0.3 is 0 Å². The topological polar surface area (TPSA) is 30.5 Å². The van der Waals surface area contributed by atoms with Crippen LogP contribution in [0, 0.1) is 0 Å². The molecule has 0 radical (unpaired) electrons. The van der Waals surface area contributed by atoms with Gasteiger partial charge in [0.2, 0.25) is 0 Å². The lowest BCUT2D eigenvalue weighted by Crippen LogP contribution is -2.18. The summed E-state index contributed by atoms with van der Waals surface area (Å²) in [6.45, 7) is 11.8. The minimum absolute atomic E-state index is 0.727. The molecule has 286 valence electrons. The molecule has 0 aliphatic carbocycles. The molecule has 0 bridgehead atoms. The van der Waals surface area contributed by atoms with E-state index >= 15 is 0 Å². The normalized spacial score (nSPS) is 12.7. The number of nitrogens with one attached hydrogen (secondary N) is 1. The number of rotatable bonds is 39. The zero-order valence-corrected chi connectivity index (χ0v) is 35.9. The summed E-state index contributed by atoms with van der Waals surface area (Å²) in [5.74, 6) is 0. The first-order chi connectivity index (χ1) is 23.3. The molecule has 1 N–H and O–H groups in total. The average Bonchev–Trinajstić information content (AvgIpc) is 3.05. The summed E-state index contributed by atoms with van der Waals surface area (Å²) in [6.07, 6.45) is 49.1. The van der Waals surface area contributed by atoms with E-state index in [1.165, 1.54) is 173 Å². The van der Waals surface area contributed by atoms with Crippen LogP contribution in [0.2, 0.25) is 0 Å². The third-order valence-electron chi connectivity index (χ3n) is 9.15. The highest BCUT2D eigenvalue weighted by Crippen LogP contribution is 2.48. The minimum Gasteiger partial charge on any atom is -0.318 e. The highest BCUT2D eigenvalue weighted by Gasteiger charge is 2.20. The lowest BCUT2D eigenvalue weighted by Gasteiger charge is -2.24. The second-order valence-corrected chi connectivity index (χ2v) is 23.6. The van der Waals surface area contributed by atoms with Crippen LogP contribution in [0.4, 0.5) is 0 Å². The van der Waals surface area contributed by atoms with Gasteiger partial charge in [-0.2, -0.15) is 0 Å². The third-order valence-corrected chi connectivity index (χ3v) is 13.5. The summed E-state index contributed by atoms with van der Waals surface area (Å²) in [5.41, 5.74) is 0. The van der Waals surface area contributed by atoms with E-state index in [4.69, 9.17) is 20.9 Å². The Labute approximate surface area is 309 Å². The molecule has 0 amide bonds. The standard InChI is InChI=1S/C42H86NO2P2S/c1-6-8-10-12-14-16-18-20-22-24-26-28-30-32-34-36-40-44-47(48,43-39-38-42-46(3,4)5)45-41-37-35-33-31-29-27-25-23-21-19-17-15-13-11-9-7-2/h20-23H,6-19,24-42H2,1-5H3,(H,43,48)/q+1/b22-20-,23-21-. The SMILES string of the molecule is CCCCCCCC/C=C\CCCCCCCCOP(=S)(NCCC[P+](C)(C)C)OCCCCCCCC/C=C\CCCCCCCC. The van der Waals surface area contributed by atoms with Crippen molar-refractivity contribution in [2.75, 3.05) is 45.9 Å². The first-order valence-electron chi connectivity index (χ1n) is 21.1. The van der Waals surface area contributed by atoms with Crippen LogP contribution in [0.25, 0.3) is 0 Å². The molecule has 6 heteroatoms. The molecular weight excluding hydrogens is 644 g/mol. The van der Waals surface area contributed by atoms with E-state index < -0.39 is 13.9 Å². The van der Waals surface area contributed by atoms with Gasteiger partial charge in [-0.05, 0) is 82.4 Å². The Morgan fingerprint density at radius 1 is 0.458 bits per heavy atom. The van der Waals surface area contributed by atoms with Gasteiger partial charge in [-0.25, -0.2) is 5.09 Å². The summed E-state index contributed by atoms with van der Waals surface area (Å²) in [6, 6.07) is 0. The minimum atomic E-state index is -2.40. The molecule has 0 aliphatic rings. The fourth-order valence-electron chi connectivity index (χ4n) is 5.97. The number of unbranched alkanes of at least 4 members (excludes halogenated alkanes) is 24. The highest BCUT2D eigenvalue weighted by molar-refractivity contribution is 8.08. The zero-order valence-electron chi connectivity index (χ0n) is 33.3. The van der Waals surface area contributed by atoms with Gasteiger partial charge in [0.05, 0.1) is 19.4 Å². The summed E-state index contributed by atoms with van der Waals surface area (Å²) in [5, 5.41) is 3.56. The molecule has 0 aromatic heterocycles. The first-order valence-corrected chi connectivity index (χ1v) is 27.0. The van der Waals surface area contributed by atoms with E-state index in [2.05, 4.69) is 63.2 Å². The Morgan fingerprint density at radius 3 is 1.10 bits per heavy atom. The van der Waals surface area contributed by atoms with Crippen molar-refractivity contribution in [2.45, 2.75) is 200 Å². The summed E-state index contributed by atoms with van der Waals surface area (Å²) >= 11 is 5.98. The number of allylic oxidation sites excluding steroid dienone is 4. The molecule has 0 aromatic rings. The first kappa shape index (κ1) is 48.4. The van der Waals surface area contributed by atoms with Gasteiger partial charge in [0.25, 0.3) is 6.64 Å². The van der Waals surface area contributed by atoms with E-state index in [9.17, 15) is 0 Å². The maximum Gasteiger partial charge on any atom is 0.261 e. The fourth-order valence-corrected chi connectivity index (χ4v) is 9.22. The molecule has 0 saturated heterocycles. The Morgan fingerprint density at radius 2 is 0.771 bits per heavy atom. The van der Waals surface area contributed by atoms with Gasteiger partial charge in [-0.1, -0.05) is 154 Å². The van der Waals surface area contributed by atoms with Gasteiger partial charge in [-0.3, -0.25) is 0 Å². The van der Waals surface area contributed by atoms with E-state index in [-0.39, 0.29) is 0 Å². The van der Waals surface area contributed by atoms with Crippen molar-refractivity contribution >= 4 is 25.7 Å². The zero-order chi connectivity index (χ0) is 35.3. The molecule has 0 heterocycles. The van der Waals surface area contributed by atoms with Crippen molar-refractivity contribution in [3.63, 3.8) is 0 Å². The number of hydrogen-bond donors (Lipinski definition) is 1. The molecule has 0 aliphatic heterocycles. The summed E-state index contributed by atoms with van der Waals surface area (Å²) in [4.78, 5) is 0. The third kappa shape index (κ3) is 39.2. The van der Waals surface area contributed by atoms with Crippen LogP contribution < -0.4 is 5.09 Å². The van der Waals surface area contributed by atoms with Gasteiger partial charge in [0, 0.05) is 33.8 Å². The van der Waals surface area contributed by atoms with Crippen LogP contribution in [-0.2, 0) is 20.9 Å². The number of hydrogen-bond acceptors (Lipinski definition) is 3. The molecule has 48 heavy (non-hydrogen) atoms. The molecule has 0 fully saturated rings. The fraction of sp³-hybridized carbons (Fsp3) is 0.905. The van der Waals surface area contributed by atoms with Crippen LogP contribution in [-0.4, -0.2) is 45.9 Å². The quantitative estimate of drug-likeness (QED) is 0.0387. The van der Waals surface area contributed by atoms with Crippen molar-refractivity contribution in [3.8, 4) is 0 Å². The van der Waals surface area contributed by atoms with Gasteiger partial charge in [-0.15, -0.1) is 0 Å². The van der Waals surface area contributed by atoms with Crippen molar-refractivity contribution in [1.82, 2.24) is 5.09 Å². The lowest BCUT2D eigenvalue weighted by atomic mass is 10.1. The predicted octanol–water partition coefficient (Wildman–Crippen LogP) is 15.2. The molecule has 0 aromatic carbocycles. The summed E-state index contributed by atoms with van der Waals surface area (Å²) in [7, 11) is -0.760. The Kier molecular flexibility index (Phi) is 37.5. The molecule has 0 rings (SSSR count). The second kappa shape index (κ2) is 37.2. The van der Waals surface area contributed by atoms with Gasteiger partial charge in [0.1, 0.15) is 0 Å². The van der Waals surface area contributed by atoms with Crippen molar-refractivity contribution in [2.24, 2.45) is 0 Å². The predicted molar refractivity (Wildman–Crippen MR) is 227 cm³/mol. The van der Waals surface area contributed by atoms with Crippen molar-refractivity contribution in [1.29, 1.82) is 0 Å². The van der Waals surface area contributed by atoms with Crippen LogP contribution in [0.5, 0.6) is 0 Å². The largest absolute Gasteiger partial charge is 0.318 e. The highest BCUT2D eigenvalue weighted by atomic mass is 32.5. The van der Waals surface area contributed by atoms with Gasteiger partial charge < -0.3 is 9.05 Å². The van der Waals surface area contributed by atoms with E-state index in [1.54, 1.807) is 0 Å². The second-order valence-electron chi connectivity index (χ2n) is 15.3. The van der Waals surface area contributed by atoms with Crippen molar-refractivity contribution in [3.05, 3.63) is 24.3 Å². The Bertz CT molecular complexity index is 704. The summed E-state index contributed by atoms with van der Waals surface area (Å²) < 4.78 is 12.6. The van der Waals surface area contributed by atoms with Crippen molar-refractivity contribution < 1.29 is 9.05 Å². The van der Waals surface area contributed by atoms with Crippen LogP contribution in [0.1, 0.15) is 200 Å². The molecular formula is C42H86NO2P2S+. The van der Waals surface area contributed by atoms with E-state index in [0.717, 1.165) is 39.0 Å². The van der Waals surface area contributed by atoms with Crippen LogP contribution >= 0.6 is 13.9 Å².